The van der Waals surface area contributed by atoms with Gasteiger partial charge < -0.3 is 0 Å². The SMILES string of the molecule is CCCC[P+](CCCC)(CCCC)OP(=O)(OCC)OCC. The maximum atomic E-state index is 12.9. The molecule has 0 bridgehead atoms. The summed E-state index contributed by atoms with van der Waals surface area (Å²) in [5.41, 5.74) is 0. The lowest BCUT2D eigenvalue weighted by atomic mass is 10.4. The van der Waals surface area contributed by atoms with Crippen molar-refractivity contribution in [2.75, 3.05) is 31.7 Å². The van der Waals surface area contributed by atoms with Crippen LogP contribution in [0.15, 0.2) is 0 Å². The summed E-state index contributed by atoms with van der Waals surface area (Å²) in [6.07, 6.45) is 9.89. The van der Waals surface area contributed by atoms with Gasteiger partial charge in [-0.25, -0.2) is 4.57 Å². The maximum Gasteiger partial charge on any atom is 0.508 e. The van der Waals surface area contributed by atoms with Crippen LogP contribution in [0.25, 0.3) is 0 Å². The minimum atomic E-state index is -3.41. The molecule has 0 aromatic carbocycles. The van der Waals surface area contributed by atoms with Crippen molar-refractivity contribution in [2.24, 2.45) is 0 Å². The molecule has 0 aliphatic rings. The third-order valence-electron chi connectivity index (χ3n) is 3.61. The minimum absolute atomic E-state index is 0.354. The van der Waals surface area contributed by atoms with E-state index in [1.54, 1.807) is 0 Å². The summed E-state index contributed by atoms with van der Waals surface area (Å²) >= 11 is 0. The summed E-state index contributed by atoms with van der Waals surface area (Å²) in [4.78, 5) is 0. The zero-order valence-electron chi connectivity index (χ0n) is 15.3. The van der Waals surface area contributed by atoms with Gasteiger partial charge in [0.25, 0.3) is 0 Å². The molecule has 0 fully saturated rings. The van der Waals surface area contributed by atoms with Gasteiger partial charge in [-0.2, -0.15) is 0 Å². The summed E-state index contributed by atoms with van der Waals surface area (Å²) in [7, 11) is -5.15. The first-order chi connectivity index (χ1) is 10.5. The van der Waals surface area contributed by atoms with E-state index in [4.69, 9.17) is 13.4 Å². The van der Waals surface area contributed by atoms with E-state index in [9.17, 15) is 4.57 Å². The number of phosphoric acid groups is 1. The average Bonchev–Trinajstić information content (AvgIpc) is 2.49. The van der Waals surface area contributed by atoms with Crippen molar-refractivity contribution in [2.45, 2.75) is 73.1 Å². The number of hydrogen-bond acceptors (Lipinski definition) is 4. The van der Waals surface area contributed by atoms with Crippen LogP contribution in [-0.4, -0.2) is 31.7 Å². The molecule has 4 nitrogen and oxygen atoms in total. The van der Waals surface area contributed by atoms with E-state index < -0.39 is 15.3 Å². The molecule has 0 aliphatic heterocycles. The lowest BCUT2D eigenvalue weighted by Gasteiger charge is -2.28. The van der Waals surface area contributed by atoms with Gasteiger partial charge in [0.15, 0.2) is 7.49 Å². The second-order valence-corrected chi connectivity index (χ2v) is 11.2. The topological polar surface area (TPSA) is 44.8 Å². The highest BCUT2D eigenvalue weighted by Gasteiger charge is 2.47. The zero-order valence-corrected chi connectivity index (χ0v) is 17.1. The molecular formula is C16H37O4P2+. The Morgan fingerprint density at radius 1 is 0.727 bits per heavy atom. The summed E-state index contributed by atoms with van der Waals surface area (Å²) in [5, 5.41) is 0. The Kier molecular flexibility index (Phi) is 13.2. The molecule has 134 valence electrons. The third kappa shape index (κ3) is 8.99. The average molecular weight is 355 g/mol. The highest BCUT2D eigenvalue weighted by Crippen LogP contribution is 2.72. The van der Waals surface area contributed by atoms with Crippen molar-refractivity contribution < 1.29 is 17.9 Å². The third-order valence-corrected chi connectivity index (χ3v) is 10.3. The van der Waals surface area contributed by atoms with Crippen LogP contribution in [0.1, 0.15) is 73.1 Å². The molecule has 0 aliphatic carbocycles. The van der Waals surface area contributed by atoms with E-state index >= 15 is 0 Å². The van der Waals surface area contributed by atoms with E-state index in [0.717, 1.165) is 57.0 Å². The lowest BCUT2D eigenvalue weighted by Crippen LogP contribution is -2.13. The second kappa shape index (κ2) is 12.9. The van der Waals surface area contributed by atoms with Crippen LogP contribution in [0.5, 0.6) is 0 Å². The van der Waals surface area contributed by atoms with Crippen molar-refractivity contribution in [1.82, 2.24) is 0 Å². The van der Waals surface area contributed by atoms with Crippen LogP contribution in [0.2, 0.25) is 0 Å². The maximum absolute atomic E-state index is 12.9. The standard InChI is InChI=1S/C16H37O4P2/c1-6-11-14-21(15-12-7-2,16-13-8-3)20-22(17,18-9-4)19-10-5/h6-16H2,1-5H3/q+1. The van der Waals surface area contributed by atoms with Crippen LogP contribution >= 0.6 is 15.3 Å². The molecule has 0 saturated carbocycles. The van der Waals surface area contributed by atoms with Gasteiger partial charge in [0, 0.05) is 0 Å². The lowest BCUT2D eigenvalue weighted by molar-refractivity contribution is 0.170. The first-order valence-corrected chi connectivity index (χ1v) is 12.7. The van der Waals surface area contributed by atoms with E-state index in [-0.39, 0.29) is 0 Å². The van der Waals surface area contributed by atoms with Gasteiger partial charge in [-0.1, -0.05) is 40.0 Å². The van der Waals surface area contributed by atoms with Crippen molar-refractivity contribution >= 4 is 15.3 Å². The monoisotopic (exact) mass is 355 g/mol. The van der Waals surface area contributed by atoms with Gasteiger partial charge in [0.05, 0.1) is 31.7 Å². The van der Waals surface area contributed by atoms with Crippen molar-refractivity contribution in [3.63, 3.8) is 0 Å². The van der Waals surface area contributed by atoms with Gasteiger partial charge in [0.2, 0.25) is 0 Å². The van der Waals surface area contributed by atoms with Crippen molar-refractivity contribution in [3.8, 4) is 0 Å². The van der Waals surface area contributed by atoms with Crippen LogP contribution in [0.3, 0.4) is 0 Å². The zero-order chi connectivity index (χ0) is 16.9. The molecule has 0 spiro atoms. The predicted molar refractivity (Wildman–Crippen MR) is 98.2 cm³/mol. The summed E-state index contributed by atoms with van der Waals surface area (Å²) in [5.74, 6) is 0. The predicted octanol–water partition coefficient (Wildman–Crippen LogP) is 6.52. The fourth-order valence-corrected chi connectivity index (χ4v) is 9.52. The molecule has 22 heavy (non-hydrogen) atoms. The summed E-state index contributed by atoms with van der Waals surface area (Å²) in [6.45, 7) is 11.0. The number of hydrogen-bond donors (Lipinski definition) is 0. The van der Waals surface area contributed by atoms with E-state index in [1.807, 2.05) is 13.8 Å². The first kappa shape index (κ1) is 22.5. The van der Waals surface area contributed by atoms with Gasteiger partial charge in [-0.3, -0.25) is 9.05 Å². The van der Waals surface area contributed by atoms with Crippen molar-refractivity contribution in [3.05, 3.63) is 0 Å². The summed E-state index contributed by atoms with van der Waals surface area (Å²) in [6, 6.07) is 0. The molecule has 0 N–H and O–H groups in total. The fourth-order valence-electron chi connectivity index (χ4n) is 2.41. The van der Waals surface area contributed by atoms with Crippen LogP contribution < -0.4 is 0 Å². The molecule has 6 heteroatoms. The Bertz CT molecular complexity index is 279. The fraction of sp³-hybridized carbons (Fsp3) is 1.00. The molecule has 0 radical (unpaired) electrons. The van der Waals surface area contributed by atoms with Crippen molar-refractivity contribution in [1.29, 1.82) is 0 Å². The molecule has 0 saturated heterocycles. The van der Waals surface area contributed by atoms with Crippen LogP contribution in [-0.2, 0) is 17.9 Å². The summed E-state index contributed by atoms with van der Waals surface area (Å²) < 4.78 is 29.9. The Labute approximate surface area is 138 Å². The molecule has 0 aromatic heterocycles. The molecule has 0 amide bonds. The second-order valence-electron chi connectivity index (χ2n) is 5.65. The Morgan fingerprint density at radius 2 is 1.09 bits per heavy atom. The van der Waals surface area contributed by atoms with Gasteiger partial charge in [0.1, 0.15) is 0 Å². The molecule has 0 unspecified atom stereocenters. The Morgan fingerprint density at radius 3 is 1.36 bits per heavy atom. The quantitative estimate of drug-likeness (QED) is 0.314. The number of unbranched alkanes of at least 4 members (excludes halogenated alkanes) is 3. The largest absolute Gasteiger partial charge is 0.508 e. The van der Waals surface area contributed by atoms with Gasteiger partial charge in [-0.15, -0.1) is 4.31 Å². The Hall–Kier alpha value is 0.540. The molecule has 0 atom stereocenters. The minimum Gasteiger partial charge on any atom is -0.285 e. The highest BCUT2D eigenvalue weighted by molar-refractivity contribution is 7.77. The van der Waals surface area contributed by atoms with Crippen LogP contribution in [0.4, 0.5) is 0 Å². The number of rotatable bonds is 15. The Balaban J connectivity index is 5.21. The molecule has 0 heterocycles. The number of phosphoric ester groups is 1. The first-order valence-electron chi connectivity index (χ1n) is 8.97. The molecule has 0 aromatic rings. The smallest absolute Gasteiger partial charge is 0.285 e. The highest BCUT2D eigenvalue weighted by atomic mass is 31.3. The van der Waals surface area contributed by atoms with E-state index in [2.05, 4.69) is 20.8 Å². The van der Waals surface area contributed by atoms with E-state index in [0.29, 0.717) is 13.2 Å². The van der Waals surface area contributed by atoms with E-state index in [1.165, 1.54) is 0 Å². The molecule has 0 rings (SSSR count). The van der Waals surface area contributed by atoms with Gasteiger partial charge in [-0.05, 0) is 33.1 Å². The van der Waals surface area contributed by atoms with Crippen LogP contribution in [0, 0.1) is 0 Å². The van der Waals surface area contributed by atoms with Gasteiger partial charge >= 0.3 is 7.82 Å². The molecular weight excluding hydrogens is 318 g/mol. The normalized spacial score (nSPS) is 12.8.